The molecule has 0 aromatic heterocycles. The van der Waals surface area contributed by atoms with Crippen LogP contribution in [-0.2, 0) is 14.8 Å². The van der Waals surface area contributed by atoms with Gasteiger partial charge in [0, 0.05) is 23.7 Å². The average Bonchev–Trinajstić information content (AvgIpc) is 2.67. The number of hydrogen-bond donors (Lipinski definition) is 1. The van der Waals surface area contributed by atoms with E-state index in [-0.39, 0.29) is 28.8 Å². The number of hydrogen-bond acceptors (Lipinski definition) is 3. The highest BCUT2D eigenvalue weighted by Crippen LogP contribution is 2.55. The van der Waals surface area contributed by atoms with E-state index in [2.05, 4.69) is 5.32 Å². The zero-order chi connectivity index (χ0) is 20.2. The van der Waals surface area contributed by atoms with Crippen LogP contribution in [0.25, 0.3) is 0 Å². The van der Waals surface area contributed by atoms with Crippen LogP contribution in [0.4, 0.5) is 0 Å². The van der Waals surface area contributed by atoms with E-state index in [1.165, 1.54) is 35.7 Å². The van der Waals surface area contributed by atoms with Crippen molar-refractivity contribution in [2.75, 3.05) is 13.1 Å². The molecule has 4 aliphatic carbocycles. The average molecular weight is 437 g/mol. The van der Waals surface area contributed by atoms with Crippen LogP contribution < -0.4 is 5.32 Å². The van der Waals surface area contributed by atoms with Gasteiger partial charge in [-0.1, -0.05) is 11.6 Å². The van der Waals surface area contributed by atoms with Gasteiger partial charge in [0.05, 0.1) is 10.8 Å². The van der Waals surface area contributed by atoms with Crippen LogP contribution in [0.3, 0.4) is 0 Å². The highest BCUT2D eigenvalue weighted by molar-refractivity contribution is 7.89. The van der Waals surface area contributed by atoms with Gasteiger partial charge < -0.3 is 5.32 Å². The first-order valence-corrected chi connectivity index (χ1v) is 12.7. The summed E-state index contributed by atoms with van der Waals surface area (Å²) in [5.74, 6) is 2.11. The molecule has 1 saturated heterocycles. The summed E-state index contributed by atoms with van der Waals surface area (Å²) in [6.07, 6.45) is 8.83. The van der Waals surface area contributed by atoms with Crippen molar-refractivity contribution in [3.8, 4) is 0 Å². The molecule has 4 bridgehead atoms. The predicted molar refractivity (Wildman–Crippen MR) is 112 cm³/mol. The summed E-state index contributed by atoms with van der Waals surface area (Å²) in [5, 5.41) is 3.95. The molecule has 29 heavy (non-hydrogen) atoms. The van der Waals surface area contributed by atoms with Crippen LogP contribution in [0.2, 0.25) is 5.02 Å². The van der Waals surface area contributed by atoms with Gasteiger partial charge in [-0.05, 0) is 93.4 Å². The second-order valence-electron chi connectivity index (χ2n) is 9.84. The van der Waals surface area contributed by atoms with Gasteiger partial charge in [0.1, 0.15) is 0 Å². The maximum absolute atomic E-state index is 13.2. The number of carbonyl (C=O) groups excluding carboxylic acids is 1. The molecule has 1 amide bonds. The highest BCUT2D eigenvalue weighted by Gasteiger charge is 2.52. The van der Waals surface area contributed by atoms with E-state index in [0.717, 1.165) is 43.4 Å². The second-order valence-corrected chi connectivity index (χ2v) is 12.2. The third-order valence-corrected chi connectivity index (χ3v) is 9.76. The summed E-state index contributed by atoms with van der Waals surface area (Å²) >= 11 is 5.90. The maximum Gasteiger partial charge on any atom is 0.243 e. The van der Waals surface area contributed by atoms with E-state index >= 15 is 0 Å². The lowest BCUT2D eigenvalue weighted by molar-refractivity contribution is -0.131. The fourth-order valence-corrected chi connectivity index (χ4v) is 8.41. The molecule has 6 rings (SSSR count). The third kappa shape index (κ3) is 3.72. The van der Waals surface area contributed by atoms with Crippen molar-refractivity contribution in [2.24, 2.45) is 23.7 Å². The lowest BCUT2D eigenvalue weighted by Gasteiger charge is -2.57. The Kier molecular flexibility index (Phi) is 4.95. The summed E-state index contributed by atoms with van der Waals surface area (Å²) in [6, 6.07) is 6.26. The fourth-order valence-electron chi connectivity index (χ4n) is 6.76. The van der Waals surface area contributed by atoms with Crippen molar-refractivity contribution in [2.45, 2.75) is 61.8 Å². The maximum atomic E-state index is 13.2. The topological polar surface area (TPSA) is 66.5 Å². The molecule has 1 aromatic rings. The van der Waals surface area contributed by atoms with Crippen LogP contribution in [0.15, 0.2) is 29.2 Å². The molecule has 1 aromatic carbocycles. The largest absolute Gasteiger partial charge is 0.350 e. The van der Waals surface area contributed by atoms with Crippen LogP contribution in [0, 0.1) is 23.7 Å². The van der Waals surface area contributed by atoms with Gasteiger partial charge in [-0.25, -0.2) is 8.42 Å². The summed E-state index contributed by atoms with van der Waals surface area (Å²) in [5.41, 5.74) is -0.0246. The Bertz CT molecular complexity index is 864. The van der Waals surface area contributed by atoms with Crippen molar-refractivity contribution in [3.63, 3.8) is 0 Å². The molecule has 0 radical (unpaired) electrons. The van der Waals surface area contributed by atoms with Gasteiger partial charge in [0.25, 0.3) is 0 Å². The SMILES string of the molecule is O=C(NC12CC3CC(CC(C3)C1)C2)C1CCCN(S(=O)(=O)c2ccc(Cl)cc2)C1. The Labute approximate surface area is 178 Å². The summed E-state index contributed by atoms with van der Waals surface area (Å²) in [4.78, 5) is 13.4. The molecule has 0 spiro atoms. The molecule has 5 nitrogen and oxygen atoms in total. The van der Waals surface area contributed by atoms with E-state index in [1.54, 1.807) is 12.1 Å². The van der Waals surface area contributed by atoms with Gasteiger partial charge in [-0.2, -0.15) is 4.31 Å². The normalized spacial score (nSPS) is 36.9. The van der Waals surface area contributed by atoms with Crippen molar-refractivity contribution in [1.82, 2.24) is 9.62 Å². The molecule has 5 fully saturated rings. The van der Waals surface area contributed by atoms with Crippen LogP contribution in [0.1, 0.15) is 51.4 Å². The number of rotatable bonds is 4. The van der Waals surface area contributed by atoms with Gasteiger partial charge >= 0.3 is 0 Å². The minimum Gasteiger partial charge on any atom is -0.350 e. The van der Waals surface area contributed by atoms with Gasteiger partial charge in [0.15, 0.2) is 0 Å². The standard InChI is InChI=1S/C22H29ClN2O3S/c23-19-3-5-20(6-4-19)29(27,28)25-7-1-2-18(14-25)21(26)24-22-11-15-8-16(12-22)10-17(9-15)13-22/h3-6,15-18H,1-2,7-14H2,(H,24,26). The third-order valence-electron chi connectivity index (χ3n) is 7.63. The second kappa shape index (κ2) is 7.24. The molecular weight excluding hydrogens is 408 g/mol. The van der Waals surface area contributed by atoms with Crippen molar-refractivity contribution >= 4 is 27.5 Å². The van der Waals surface area contributed by atoms with Crippen molar-refractivity contribution in [1.29, 1.82) is 0 Å². The number of piperidine rings is 1. The van der Waals surface area contributed by atoms with Crippen LogP contribution in [-0.4, -0.2) is 37.3 Å². The lowest BCUT2D eigenvalue weighted by Crippen LogP contribution is -2.61. The van der Waals surface area contributed by atoms with E-state index in [9.17, 15) is 13.2 Å². The van der Waals surface area contributed by atoms with Gasteiger partial charge in [-0.3, -0.25) is 4.79 Å². The molecule has 1 N–H and O–H groups in total. The number of carbonyl (C=O) groups is 1. The first-order chi connectivity index (χ1) is 13.8. The zero-order valence-corrected chi connectivity index (χ0v) is 18.2. The summed E-state index contributed by atoms with van der Waals surface area (Å²) in [6.45, 7) is 0.731. The Morgan fingerprint density at radius 2 is 1.62 bits per heavy atom. The predicted octanol–water partition coefficient (Wildman–Crippen LogP) is 3.83. The molecule has 4 saturated carbocycles. The number of nitrogens with zero attached hydrogens (tertiary/aromatic N) is 1. The number of halogens is 1. The minimum atomic E-state index is -3.60. The Balaban J connectivity index is 1.28. The monoisotopic (exact) mass is 436 g/mol. The quantitative estimate of drug-likeness (QED) is 0.780. The fraction of sp³-hybridized carbons (Fsp3) is 0.682. The van der Waals surface area contributed by atoms with Gasteiger partial charge in [-0.15, -0.1) is 0 Å². The van der Waals surface area contributed by atoms with Crippen molar-refractivity contribution in [3.05, 3.63) is 29.3 Å². The van der Waals surface area contributed by atoms with Crippen LogP contribution in [0.5, 0.6) is 0 Å². The van der Waals surface area contributed by atoms with Crippen LogP contribution >= 0.6 is 11.6 Å². The minimum absolute atomic E-state index is 0.0246. The first-order valence-electron chi connectivity index (χ1n) is 10.9. The molecule has 1 heterocycles. The van der Waals surface area contributed by atoms with E-state index in [0.29, 0.717) is 18.0 Å². The number of sulfonamides is 1. The molecular formula is C22H29ClN2O3S. The number of benzene rings is 1. The Morgan fingerprint density at radius 3 is 2.21 bits per heavy atom. The number of amides is 1. The highest BCUT2D eigenvalue weighted by atomic mass is 35.5. The van der Waals surface area contributed by atoms with Gasteiger partial charge in [0.2, 0.25) is 15.9 Å². The number of nitrogens with one attached hydrogen (secondary N) is 1. The first kappa shape index (κ1) is 19.8. The lowest BCUT2D eigenvalue weighted by atomic mass is 9.53. The van der Waals surface area contributed by atoms with E-state index < -0.39 is 10.0 Å². The molecule has 1 aliphatic heterocycles. The zero-order valence-electron chi connectivity index (χ0n) is 16.6. The molecule has 5 aliphatic rings. The molecule has 1 atom stereocenters. The Hall–Kier alpha value is -1.11. The molecule has 7 heteroatoms. The smallest absolute Gasteiger partial charge is 0.243 e. The summed E-state index contributed by atoms with van der Waals surface area (Å²) < 4.78 is 27.5. The Morgan fingerprint density at radius 1 is 1.03 bits per heavy atom. The van der Waals surface area contributed by atoms with Crippen molar-refractivity contribution < 1.29 is 13.2 Å². The molecule has 1 unspecified atom stereocenters. The summed E-state index contributed by atoms with van der Waals surface area (Å²) in [7, 11) is -3.60. The molecule has 158 valence electrons. The van der Waals surface area contributed by atoms with E-state index in [4.69, 9.17) is 11.6 Å². The van der Waals surface area contributed by atoms with E-state index in [1.807, 2.05) is 0 Å².